The van der Waals surface area contributed by atoms with Gasteiger partial charge in [-0.3, -0.25) is 0 Å². The lowest BCUT2D eigenvalue weighted by Gasteiger charge is -2.32. The summed E-state index contributed by atoms with van der Waals surface area (Å²) >= 11 is 0. The minimum atomic E-state index is -0.731. The van der Waals surface area contributed by atoms with Crippen LogP contribution in [0.5, 0.6) is 5.75 Å². The Hall–Kier alpha value is -2.04. The van der Waals surface area contributed by atoms with Gasteiger partial charge in [-0.2, -0.15) is 0 Å². The number of benzene rings is 1. The van der Waals surface area contributed by atoms with E-state index in [-0.39, 0.29) is 12.0 Å². The third-order valence-electron chi connectivity index (χ3n) is 3.46. The zero-order chi connectivity index (χ0) is 16.8. The van der Waals surface area contributed by atoms with Crippen molar-refractivity contribution in [3.8, 4) is 5.75 Å². The van der Waals surface area contributed by atoms with Crippen LogP contribution in [0, 0.1) is 11.3 Å². The van der Waals surface area contributed by atoms with Crippen molar-refractivity contribution in [3.05, 3.63) is 24.3 Å². The van der Waals surface area contributed by atoms with Gasteiger partial charge in [0.2, 0.25) is 0 Å². The smallest absolute Gasteiger partial charge is 0.329 e. The van der Waals surface area contributed by atoms with Crippen LogP contribution >= 0.6 is 0 Å². The van der Waals surface area contributed by atoms with Crippen LogP contribution in [-0.2, 0) is 14.3 Å². The second kappa shape index (κ2) is 7.82. The fraction of sp³-hybridized carbons (Fsp3) is 0.529. The number of nitrogens with one attached hydrogen (secondary N) is 1. The number of esters is 1. The Morgan fingerprint density at radius 1 is 1.27 bits per heavy atom. The third kappa shape index (κ3) is 4.76. The maximum Gasteiger partial charge on any atom is 0.329 e. The van der Waals surface area contributed by atoms with Crippen LogP contribution in [-0.4, -0.2) is 32.0 Å². The van der Waals surface area contributed by atoms with E-state index in [4.69, 9.17) is 9.47 Å². The molecular formula is C17H25NO4. The summed E-state index contributed by atoms with van der Waals surface area (Å²) in [6, 6.07) is 6.45. The molecule has 22 heavy (non-hydrogen) atoms. The number of hydrogen-bond acceptors (Lipinski definition) is 5. The van der Waals surface area contributed by atoms with Crippen LogP contribution in [0.2, 0.25) is 0 Å². The third-order valence-corrected chi connectivity index (χ3v) is 3.46. The molecule has 0 aliphatic carbocycles. The molecule has 122 valence electrons. The van der Waals surface area contributed by atoms with E-state index in [1.54, 1.807) is 38.3 Å². The number of anilines is 1. The maximum atomic E-state index is 12.2. The average molecular weight is 307 g/mol. The zero-order valence-corrected chi connectivity index (χ0v) is 13.9. The molecule has 5 nitrogen and oxygen atoms in total. The fourth-order valence-electron chi connectivity index (χ4n) is 2.18. The normalized spacial score (nSPS) is 13.9. The van der Waals surface area contributed by atoms with Crippen molar-refractivity contribution in [1.82, 2.24) is 0 Å². The average Bonchev–Trinajstić information content (AvgIpc) is 2.46. The Labute approximate surface area is 132 Å². The molecule has 0 fully saturated rings. The Balaban J connectivity index is 3.03. The van der Waals surface area contributed by atoms with E-state index >= 15 is 0 Å². The molecule has 0 spiro atoms. The van der Waals surface area contributed by atoms with Crippen molar-refractivity contribution < 1.29 is 19.1 Å². The summed E-state index contributed by atoms with van der Waals surface area (Å²) in [4.78, 5) is 23.8. The summed E-state index contributed by atoms with van der Waals surface area (Å²) in [5.74, 6) is -0.208. The summed E-state index contributed by atoms with van der Waals surface area (Å²) in [6.45, 7) is 7.79. The number of carbonyl (C=O) groups excluding carboxylic acids is 2. The second-order valence-corrected chi connectivity index (χ2v) is 6.13. The lowest BCUT2D eigenvalue weighted by atomic mass is 9.77. The number of methoxy groups -OCH3 is 1. The van der Waals surface area contributed by atoms with E-state index < -0.39 is 17.9 Å². The van der Waals surface area contributed by atoms with Gasteiger partial charge in [0.25, 0.3) is 0 Å². The molecule has 0 radical (unpaired) electrons. The van der Waals surface area contributed by atoms with E-state index in [9.17, 15) is 9.59 Å². The van der Waals surface area contributed by atoms with Gasteiger partial charge >= 0.3 is 5.97 Å². The quantitative estimate of drug-likeness (QED) is 0.620. The molecule has 0 amide bonds. The van der Waals surface area contributed by atoms with Crippen molar-refractivity contribution in [1.29, 1.82) is 0 Å². The van der Waals surface area contributed by atoms with Crippen molar-refractivity contribution >= 4 is 17.9 Å². The van der Waals surface area contributed by atoms with Gasteiger partial charge in [0, 0.05) is 5.69 Å². The number of aldehydes is 1. The van der Waals surface area contributed by atoms with Crippen LogP contribution in [0.25, 0.3) is 0 Å². The lowest BCUT2D eigenvalue weighted by molar-refractivity contribution is -0.147. The first kappa shape index (κ1) is 18.0. The minimum Gasteiger partial charge on any atom is -0.497 e. The molecule has 0 unspecified atom stereocenters. The van der Waals surface area contributed by atoms with Crippen molar-refractivity contribution in [2.45, 2.75) is 33.7 Å². The van der Waals surface area contributed by atoms with Crippen molar-refractivity contribution in [2.75, 3.05) is 19.0 Å². The highest BCUT2D eigenvalue weighted by Gasteiger charge is 2.37. The fourth-order valence-corrected chi connectivity index (χ4v) is 2.18. The van der Waals surface area contributed by atoms with Crippen LogP contribution in [0.15, 0.2) is 24.3 Å². The molecule has 0 aliphatic rings. The molecule has 1 rings (SSSR count). The summed E-state index contributed by atoms with van der Waals surface area (Å²) < 4.78 is 10.2. The molecule has 0 saturated carbocycles. The standard InChI is InChI=1S/C17H25NO4/c1-6-22-16(20)15(14(11-19)17(2,3)4)18-12-7-9-13(21-5)10-8-12/h7-11,14-15,18H,6H2,1-5H3/t14-,15-/m0/s1. The Bertz CT molecular complexity index is 490. The van der Waals surface area contributed by atoms with Gasteiger partial charge in [-0.05, 0) is 36.6 Å². The molecule has 5 heteroatoms. The van der Waals surface area contributed by atoms with Gasteiger partial charge in [0.1, 0.15) is 18.1 Å². The first-order valence-corrected chi connectivity index (χ1v) is 7.36. The van der Waals surface area contributed by atoms with Gasteiger partial charge in [-0.15, -0.1) is 0 Å². The van der Waals surface area contributed by atoms with Crippen LogP contribution < -0.4 is 10.1 Å². The van der Waals surface area contributed by atoms with E-state index in [2.05, 4.69) is 5.32 Å². The first-order chi connectivity index (χ1) is 10.3. The molecule has 0 heterocycles. The largest absolute Gasteiger partial charge is 0.497 e. The highest BCUT2D eigenvalue weighted by atomic mass is 16.5. The molecular weight excluding hydrogens is 282 g/mol. The Kier molecular flexibility index (Phi) is 6.40. The second-order valence-electron chi connectivity index (χ2n) is 6.13. The Morgan fingerprint density at radius 2 is 1.86 bits per heavy atom. The number of rotatable bonds is 7. The van der Waals surface area contributed by atoms with E-state index in [0.717, 1.165) is 17.7 Å². The molecule has 0 bridgehead atoms. The zero-order valence-electron chi connectivity index (χ0n) is 13.9. The van der Waals surface area contributed by atoms with Gasteiger partial charge in [-0.25, -0.2) is 4.79 Å². The van der Waals surface area contributed by atoms with Crippen LogP contribution in [0.3, 0.4) is 0 Å². The lowest BCUT2D eigenvalue weighted by Crippen LogP contribution is -2.45. The van der Waals surface area contributed by atoms with Crippen molar-refractivity contribution in [3.63, 3.8) is 0 Å². The van der Waals surface area contributed by atoms with E-state index in [0.29, 0.717) is 0 Å². The molecule has 2 atom stereocenters. The van der Waals surface area contributed by atoms with Crippen LogP contribution in [0.1, 0.15) is 27.7 Å². The number of ether oxygens (including phenoxy) is 2. The maximum absolute atomic E-state index is 12.2. The predicted molar refractivity (Wildman–Crippen MR) is 86.0 cm³/mol. The highest BCUT2D eigenvalue weighted by Crippen LogP contribution is 2.30. The molecule has 1 aromatic rings. The number of carbonyl (C=O) groups is 2. The number of hydrogen-bond donors (Lipinski definition) is 1. The SMILES string of the molecule is CCOC(=O)[C@@H](Nc1ccc(OC)cc1)[C@H](C=O)C(C)(C)C. The van der Waals surface area contributed by atoms with Gasteiger partial charge < -0.3 is 19.6 Å². The van der Waals surface area contributed by atoms with E-state index in [1.165, 1.54) is 0 Å². The summed E-state index contributed by atoms with van der Waals surface area (Å²) in [5, 5.41) is 3.11. The summed E-state index contributed by atoms with van der Waals surface area (Å²) in [5.41, 5.74) is 0.369. The van der Waals surface area contributed by atoms with E-state index in [1.807, 2.05) is 20.8 Å². The van der Waals surface area contributed by atoms with Crippen molar-refractivity contribution in [2.24, 2.45) is 11.3 Å². The first-order valence-electron chi connectivity index (χ1n) is 7.36. The summed E-state index contributed by atoms with van der Waals surface area (Å²) in [7, 11) is 1.59. The molecule has 0 saturated heterocycles. The van der Waals surface area contributed by atoms with Gasteiger partial charge in [0.15, 0.2) is 0 Å². The highest BCUT2D eigenvalue weighted by molar-refractivity contribution is 5.83. The monoisotopic (exact) mass is 307 g/mol. The van der Waals surface area contributed by atoms with Crippen LogP contribution in [0.4, 0.5) is 5.69 Å². The minimum absolute atomic E-state index is 0.273. The molecule has 1 N–H and O–H groups in total. The molecule has 0 aromatic heterocycles. The predicted octanol–water partition coefficient (Wildman–Crippen LogP) is 2.90. The molecule has 1 aromatic carbocycles. The van der Waals surface area contributed by atoms with Gasteiger partial charge in [0.05, 0.1) is 19.6 Å². The molecule has 0 aliphatic heterocycles. The summed E-state index contributed by atoms with van der Waals surface area (Å²) in [6.07, 6.45) is 0.818. The topological polar surface area (TPSA) is 64.6 Å². The van der Waals surface area contributed by atoms with Gasteiger partial charge in [-0.1, -0.05) is 20.8 Å². The Morgan fingerprint density at radius 3 is 2.27 bits per heavy atom.